The summed E-state index contributed by atoms with van der Waals surface area (Å²) in [5.74, 6) is 0.389. The molecule has 0 aliphatic rings. The minimum absolute atomic E-state index is 0.389. The van der Waals surface area contributed by atoms with E-state index in [0.29, 0.717) is 18.6 Å². The quantitative estimate of drug-likeness (QED) is 0.494. The summed E-state index contributed by atoms with van der Waals surface area (Å²) in [6.45, 7) is 1.70. The molecule has 0 atom stereocenters. The smallest absolute Gasteiger partial charge is 0.212 e. The fourth-order valence-electron chi connectivity index (χ4n) is 0.335. The zero-order chi connectivity index (χ0) is 7.11. The third-order valence-corrected chi connectivity index (χ3v) is 0.718. The van der Waals surface area contributed by atoms with Gasteiger partial charge in [0.05, 0.1) is 0 Å². The van der Waals surface area contributed by atoms with Gasteiger partial charge in [-0.1, -0.05) is 0 Å². The Morgan fingerprint density at radius 2 is 1.67 bits per heavy atom. The molecule has 2 N–H and O–H groups in total. The first-order valence-electron chi connectivity index (χ1n) is 2.41. The topological polar surface area (TPSA) is 58.2 Å². The maximum atomic E-state index is 9.74. The van der Waals surface area contributed by atoms with Crippen molar-refractivity contribution >= 4 is 12.8 Å². The molecular formula is C5H8N2O2. The molecular weight excluding hydrogens is 120 g/mol. The fraction of sp³-hybridized carbons (Fsp3) is 0.200. The molecule has 50 valence electrons. The van der Waals surface area contributed by atoms with Crippen molar-refractivity contribution in [2.45, 2.75) is 6.92 Å². The van der Waals surface area contributed by atoms with Crippen LogP contribution in [0.5, 0.6) is 0 Å². The van der Waals surface area contributed by atoms with Crippen LogP contribution >= 0.6 is 0 Å². The normalized spacial score (nSPS) is 7.22. The molecule has 0 aromatic rings. The Balaban J connectivity index is 3.68. The third kappa shape index (κ3) is 3.28. The molecule has 4 nitrogen and oxygen atoms in total. The molecule has 0 unspecified atom stereocenters. The molecule has 0 fully saturated rings. The molecule has 4 heteroatoms. The number of hydrogen-bond donors (Lipinski definition) is 2. The van der Waals surface area contributed by atoms with Crippen LogP contribution in [-0.2, 0) is 9.59 Å². The zero-order valence-corrected chi connectivity index (χ0v) is 5.05. The second-order valence-electron chi connectivity index (χ2n) is 1.23. The van der Waals surface area contributed by atoms with E-state index >= 15 is 0 Å². The number of carbonyl (C=O) groups excluding carboxylic acids is 2. The predicted octanol–water partition coefficient (Wildman–Crippen LogP) is -0.660. The monoisotopic (exact) mass is 128 g/mol. The van der Waals surface area contributed by atoms with E-state index in [1.165, 1.54) is 0 Å². The Labute approximate surface area is 52.9 Å². The molecule has 2 amide bonds. The summed E-state index contributed by atoms with van der Waals surface area (Å²) in [4.78, 5) is 19.5. The highest BCUT2D eigenvalue weighted by molar-refractivity contribution is 5.55. The summed E-state index contributed by atoms with van der Waals surface area (Å²) in [5.41, 5.74) is 0. The molecule has 0 saturated carbocycles. The van der Waals surface area contributed by atoms with E-state index in [1.54, 1.807) is 13.0 Å². The van der Waals surface area contributed by atoms with Crippen LogP contribution in [0.4, 0.5) is 0 Å². The van der Waals surface area contributed by atoms with Crippen molar-refractivity contribution in [2.75, 3.05) is 0 Å². The summed E-state index contributed by atoms with van der Waals surface area (Å²) in [7, 11) is 0. The van der Waals surface area contributed by atoms with Crippen LogP contribution < -0.4 is 10.6 Å². The van der Waals surface area contributed by atoms with Gasteiger partial charge in [0.15, 0.2) is 0 Å². The van der Waals surface area contributed by atoms with Gasteiger partial charge in [-0.05, 0) is 13.0 Å². The minimum atomic E-state index is 0.389. The summed E-state index contributed by atoms with van der Waals surface area (Å²) >= 11 is 0. The van der Waals surface area contributed by atoms with Crippen molar-refractivity contribution in [3.8, 4) is 0 Å². The lowest BCUT2D eigenvalue weighted by Crippen LogP contribution is -2.23. The molecule has 0 spiro atoms. The SMILES string of the molecule is CC=C(NC=O)NC=O. The van der Waals surface area contributed by atoms with Crippen LogP contribution in [-0.4, -0.2) is 12.8 Å². The van der Waals surface area contributed by atoms with Gasteiger partial charge in [0.1, 0.15) is 5.82 Å². The van der Waals surface area contributed by atoms with Gasteiger partial charge in [0, 0.05) is 0 Å². The summed E-state index contributed by atoms with van der Waals surface area (Å²) < 4.78 is 0. The van der Waals surface area contributed by atoms with E-state index in [4.69, 9.17) is 0 Å². The van der Waals surface area contributed by atoms with Crippen molar-refractivity contribution < 1.29 is 9.59 Å². The maximum absolute atomic E-state index is 9.74. The molecule has 0 heterocycles. The molecule has 0 aromatic heterocycles. The van der Waals surface area contributed by atoms with E-state index in [9.17, 15) is 9.59 Å². The molecule has 9 heavy (non-hydrogen) atoms. The molecule has 0 saturated heterocycles. The number of carbonyl (C=O) groups is 2. The number of allylic oxidation sites excluding steroid dienone is 1. The molecule has 0 radical (unpaired) electrons. The molecule has 0 aromatic carbocycles. The average molecular weight is 128 g/mol. The highest BCUT2D eigenvalue weighted by Gasteiger charge is 1.85. The van der Waals surface area contributed by atoms with Gasteiger partial charge in [-0.25, -0.2) is 0 Å². The predicted molar refractivity (Wildman–Crippen MR) is 32.2 cm³/mol. The van der Waals surface area contributed by atoms with Crippen LogP contribution in [0, 0.1) is 0 Å². The highest BCUT2D eigenvalue weighted by Crippen LogP contribution is 1.74. The van der Waals surface area contributed by atoms with Gasteiger partial charge in [-0.2, -0.15) is 0 Å². The summed E-state index contributed by atoms with van der Waals surface area (Å²) in [6, 6.07) is 0. The standard InChI is InChI=1S/C5H8N2O2/c1-2-5(6-3-8)7-4-9/h2-4H,1H3,(H,6,8)(H,7,9). The summed E-state index contributed by atoms with van der Waals surface area (Å²) in [5, 5.41) is 4.54. The van der Waals surface area contributed by atoms with Gasteiger partial charge in [-0.15, -0.1) is 0 Å². The average Bonchev–Trinajstić information content (AvgIpc) is 1.88. The van der Waals surface area contributed by atoms with Gasteiger partial charge in [0.25, 0.3) is 0 Å². The summed E-state index contributed by atoms with van der Waals surface area (Å²) in [6.07, 6.45) is 2.56. The van der Waals surface area contributed by atoms with Crippen molar-refractivity contribution in [2.24, 2.45) is 0 Å². The van der Waals surface area contributed by atoms with Crippen LogP contribution in [0.3, 0.4) is 0 Å². The highest BCUT2D eigenvalue weighted by atomic mass is 16.1. The number of amides is 2. The Kier molecular flexibility index (Phi) is 4.12. The van der Waals surface area contributed by atoms with E-state index in [1.807, 2.05) is 0 Å². The van der Waals surface area contributed by atoms with Gasteiger partial charge in [-0.3, -0.25) is 9.59 Å². The largest absolute Gasteiger partial charge is 0.315 e. The van der Waals surface area contributed by atoms with E-state index in [-0.39, 0.29) is 0 Å². The van der Waals surface area contributed by atoms with Crippen molar-refractivity contribution in [3.63, 3.8) is 0 Å². The van der Waals surface area contributed by atoms with Crippen LogP contribution in [0.15, 0.2) is 11.9 Å². The van der Waals surface area contributed by atoms with E-state index in [0.717, 1.165) is 0 Å². The number of nitrogens with one attached hydrogen (secondary N) is 2. The number of hydrogen-bond acceptors (Lipinski definition) is 2. The Bertz CT molecular complexity index is 119. The first kappa shape index (κ1) is 7.68. The van der Waals surface area contributed by atoms with Crippen LogP contribution in [0.2, 0.25) is 0 Å². The van der Waals surface area contributed by atoms with Gasteiger partial charge in [0.2, 0.25) is 12.8 Å². The van der Waals surface area contributed by atoms with Crippen LogP contribution in [0.1, 0.15) is 6.92 Å². The van der Waals surface area contributed by atoms with Crippen molar-refractivity contribution in [1.29, 1.82) is 0 Å². The molecule has 0 bridgehead atoms. The van der Waals surface area contributed by atoms with E-state index < -0.39 is 0 Å². The second kappa shape index (κ2) is 4.83. The number of rotatable bonds is 4. The zero-order valence-electron chi connectivity index (χ0n) is 5.05. The fourth-order valence-corrected chi connectivity index (χ4v) is 0.335. The lowest BCUT2D eigenvalue weighted by Gasteiger charge is -1.99. The van der Waals surface area contributed by atoms with Crippen molar-refractivity contribution in [1.82, 2.24) is 10.6 Å². The van der Waals surface area contributed by atoms with Gasteiger partial charge >= 0.3 is 0 Å². The van der Waals surface area contributed by atoms with Gasteiger partial charge < -0.3 is 10.6 Å². The lowest BCUT2D eigenvalue weighted by atomic mass is 10.6. The minimum Gasteiger partial charge on any atom is -0.315 e. The van der Waals surface area contributed by atoms with E-state index in [2.05, 4.69) is 10.6 Å². The maximum Gasteiger partial charge on any atom is 0.212 e. The first-order valence-corrected chi connectivity index (χ1v) is 2.41. The lowest BCUT2D eigenvalue weighted by molar-refractivity contribution is -0.109. The first-order chi connectivity index (χ1) is 4.35. The Morgan fingerprint density at radius 3 is 1.89 bits per heavy atom. The molecule has 0 rings (SSSR count). The Morgan fingerprint density at radius 1 is 1.22 bits per heavy atom. The molecule has 0 aliphatic carbocycles. The van der Waals surface area contributed by atoms with Crippen molar-refractivity contribution in [3.05, 3.63) is 11.9 Å². The van der Waals surface area contributed by atoms with Crippen LogP contribution in [0.25, 0.3) is 0 Å². The Hall–Kier alpha value is -1.32. The molecule has 0 aliphatic heterocycles. The second-order valence-corrected chi connectivity index (χ2v) is 1.23. The third-order valence-electron chi connectivity index (χ3n) is 0.718.